The quantitative estimate of drug-likeness (QED) is 0.400. The summed E-state index contributed by atoms with van der Waals surface area (Å²) in [5.74, 6) is -5.13. The molecule has 0 aromatic rings. The predicted octanol–water partition coefficient (Wildman–Crippen LogP) is 0.238. The predicted molar refractivity (Wildman–Crippen MR) is 52.9 cm³/mol. The molecule has 1 aliphatic rings. The minimum atomic E-state index is -1.87. The van der Waals surface area contributed by atoms with Crippen LogP contribution in [0.1, 0.15) is 39.0 Å². The summed E-state index contributed by atoms with van der Waals surface area (Å²) in [5.41, 5.74) is 5.08. The molecule has 0 spiro atoms. The Labute approximate surface area is 93.1 Å². The van der Waals surface area contributed by atoms with Gasteiger partial charge in [-0.05, 0) is 6.42 Å². The number of primary amides is 1. The second kappa shape index (κ2) is 4.96. The van der Waals surface area contributed by atoms with Gasteiger partial charge in [0.25, 0.3) is 0 Å². The summed E-state index contributed by atoms with van der Waals surface area (Å²) in [6, 6.07) is 0. The molecule has 1 amide bonds. The smallest absolute Gasteiger partial charge is 0.405 e. The van der Waals surface area contributed by atoms with Crippen molar-refractivity contribution in [2.75, 3.05) is 0 Å². The van der Waals surface area contributed by atoms with Gasteiger partial charge in [-0.15, -0.1) is 0 Å². The maximum atomic E-state index is 11.1. The van der Waals surface area contributed by atoms with Crippen LogP contribution in [0.15, 0.2) is 0 Å². The van der Waals surface area contributed by atoms with Gasteiger partial charge in [0.2, 0.25) is 0 Å². The fraction of sp³-hybridized carbons (Fsp3) is 0.700. The molecule has 0 atom stereocenters. The van der Waals surface area contributed by atoms with Gasteiger partial charge in [-0.25, -0.2) is 9.59 Å². The van der Waals surface area contributed by atoms with E-state index in [-0.39, 0.29) is 6.42 Å². The van der Waals surface area contributed by atoms with Crippen LogP contribution in [0.3, 0.4) is 0 Å². The molecule has 1 saturated heterocycles. The van der Waals surface area contributed by atoms with Crippen molar-refractivity contribution in [2.45, 2.75) is 44.8 Å². The number of ether oxygens (including phenoxy) is 2. The van der Waals surface area contributed by atoms with Gasteiger partial charge in [0.15, 0.2) is 0 Å². The summed E-state index contributed by atoms with van der Waals surface area (Å²) in [6.07, 6.45) is 3.62. The fourth-order valence-electron chi connectivity index (χ4n) is 1.51. The average Bonchev–Trinajstić information content (AvgIpc) is 2.51. The number of hydrogen-bond acceptors (Lipinski definition) is 5. The maximum Gasteiger partial charge on any atom is 0.421 e. The Balaban J connectivity index is 2.58. The zero-order valence-electron chi connectivity index (χ0n) is 9.15. The number of carbonyl (C=O) groups excluding carboxylic acids is 3. The molecule has 6 nitrogen and oxygen atoms in total. The van der Waals surface area contributed by atoms with Gasteiger partial charge in [0, 0.05) is 6.42 Å². The van der Waals surface area contributed by atoms with Gasteiger partial charge in [-0.1, -0.05) is 26.2 Å². The van der Waals surface area contributed by atoms with E-state index in [0.717, 1.165) is 19.3 Å². The zero-order chi connectivity index (χ0) is 12.2. The molecule has 1 fully saturated rings. The van der Waals surface area contributed by atoms with Crippen molar-refractivity contribution < 1.29 is 23.9 Å². The number of nitrogens with two attached hydrogens (primary N) is 1. The molecule has 16 heavy (non-hydrogen) atoms. The third-order valence-electron chi connectivity index (χ3n) is 2.42. The van der Waals surface area contributed by atoms with Crippen molar-refractivity contribution in [1.29, 1.82) is 0 Å². The molecule has 1 heterocycles. The van der Waals surface area contributed by atoms with Crippen LogP contribution in [0, 0.1) is 0 Å². The van der Waals surface area contributed by atoms with Crippen LogP contribution < -0.4 is 5.73 Å². The largest absolute Gasteiger partial charge is 0.421 e. The van der Waals surface area contributed by atoms with Gasteiger partial charge in [-0.2, -0.15) is 0 Å². The minimum Gasteiger partial charge on any atom is -0.405 e. The van der Waals surface area contributed by atoms with Crippen LogP contribution in [-0.4, -0.2) is 23.6 Å². The number of rotatable bonds is 6. The first-order chi connectivity index (χ1) is 7.52. The first-order valence-corrected chi connectivity index (χ1v) is 5.28. The number of cyclic esters (lactones) is 2. The Kier molecular flexibility index (Phi) is 3.87. The Morgan fingerprint density at radius 2 is 1.75 bits per heavy atom. The highest BCUT2D eigenvalue weighted by Gasteiger charge is 2.53. The van der Waals surface area contributed by atoms with E-state index in [2.05, 4.69) is 9.47 Å². The molecular weight excluding hydrogens is 214 g/mol. The summed E-state index contributed by atoms with van der Waals surface area (Å²) < 4.78 is 9.24. The van der Waals surface area contributed by atoms with Crippen LogP contribution in [0.2, 0.25) is 0 Å². The highest BCUT2D eigenvalue weighted by atomic mass is 16.8. The first-order valence-electron chi connectivity index (χ1n) is 5.28. The topological polar surface area (TPSA) is 95.7 Å². The van der Waals surface area contributed by atoms with E-state index in [4.69, 9.17) is 5.73 Å². The van der Waals surface area contributed by atoms with E-state index in [1.165, 1.54) is 0 Å². The molecular formula is C10H15NO5. The van der Waals surface area contributed by atoms with Crippen molar-refractivity contribution in [2.24, 2.45) is 5.73 Å². The normalized spacial score (nSPS) is 18.1. The zero-order valence-corrected chi connectivity index (χ0v) is 9.15. The molecule has 90 valence electrons. The maximum absolute atomic E-state index is 11.1. The fourth-order valence-corrected chi connectivity index (χ4v) is 1.51. The summed E-state index contributed by atoms with van der Waals surface area (Å²) in [4.78, 5) is 32.9. The Morgan fingerprint density at radius 1 is 1.19 bits per heavy atom. The average molecular weight is 229 g/mol. The van der Waals surface area contributed by atoms with E-state index in [1.54, 1.807) is 0 Å². The lowest BCUT2D eigenvalue weighted by molar-refractivity contribution is -0.189. The molecule has 0 aromatic heterocycles. The molecule has 0 bridgehead atoms. The van der Waals surface area contributed by atoms with Crippen molar-refractivity contribution in [3.8, 4) is 0 Å². The lowest BCUT2D eigenvalue weighted by Gasteiger charge is -2.21. The SMILES string of the molecule is CCCCCCC1(C(N)=O)OC(=O)C(=O)O1. The number of amides is 1. The van der Waals surface area contributed by atoms with Crippen LogP contribution in [0.25, 0.3) is 0 Å². The molecule has 6 heteroatoms. The summed E-state index contributed by atoms with van der Waals surface area (Å²) in [6.45, 7) is 2.04. The van der Waals surface area contributed by atoms with Gasteiger partial charge in [-0.3, -0.25) is 4.79 Å². The number of esters is 2. The van der Waals surface area contributed by atoms with Gasteiger partial charge < -0.3 is 15.2 Å². The molecule has 0 radical (unpaired) electrons. The van der Waals surface area contributed by atoms with Gasteiger partial charge in [0.05, 0.1) is 0 Å². The molecule has 0 saturated carbocycles. The van der Waals surface area contributed by atoms with Crippen LogP contribution in [0.4, 0.5) is 0 Å². The second-order valence-electron chi connectivity index (χ2n) is 3.71. The van der Waals surface area contributed by atoms with Crippen molar-refractivity contribution in [3.05, 3.63) is 0 Å². The van der Waals surface area contributed by atoms with Crippen molar-refractivity contribution in [3.63, 3.8) is 0 Å². The molecule has 2 N–H and O–H groups in total. The first kappa shape index (κ1) is 12.5. The summed E-state index contributed by atoms with van der Waals surface area (Å²) >= 11 is 0. The van der Waals surface area contributed by atoms with Crippen LogP contribution in [0.5, 0.6) is 0 Å². The monoisotopic (exact) mass is 229 g/mol. The highest BCUT2D eigenvalue weighted by Crippen LogP contribution is 2.27. The van der Waals surface area contributed by atoms with E-state index in [1.807, 2.05) is 6.92 Å². The van der Waals surface area contributed by atoms with E-state index < -0.39 is 23.6 Å². The summed E-state index contributed by atoms with van der Waals surface area (Å²) in [7, 11) is 0. The Hall–Kier alpha value is -1.59. The number of carbonyl (C=O) groups is 3. The summed E-state index contributed by atoms with van der Waals surface area (Å²) in [5, 5.41) is 0. The lowest BCUT2D eigenvalue weighted by Crippen LogP contribution is -2.45. The second-order valence-corrected chi connectivity index (χ2v) is 3.71. The van der Waals surface area contributed by atoms with Crippen LogP contribution >= 0.6 is 0 Å². The van der Waals surface area contributed by atoms with E-state index in [9.17, 15) is 14.4 Å². The third-order valence-corrected chi connectivity index (χ3v) is 2.42. The Bertz CT molecular complexity index is 296. The highest BCUT2D eigenvalue weighted by molar-refractivity contribution is 6.32. The standard InChI is InChI=1S/C10H15NO5/c1-2-3-4-5-6-10(9(11)14)15-7(12)8(13)16-10/h2-6H2,1H3,(H2,11,14). The van der Waals surface area contributed by atoms with E-state index in [0.29, 0.717) is 6.42 Å². The molecule has 1 rings (SSSR count). The number of hydrogen-bond donors (Lipinski definition) is 1. The van der Waals surface area contributed by atoms with E-state index >= 15 is 0 Å². The van der Waals surface area contributed by atoms with Crippen molar-refractivity contribution >= 4 is 17.8 Å². The van der Waals surface area contributed by atoms with Gasteiger partial charge in [0.1, 0.15) is 0 Å². The minimum absolute atomic E-state index is 0.125. The third kappa shape index (κ3) is 2.50. The Morgan fingerprint density at radius 3 is 2.19 bits per heavy atom. The van der Waals surface area contributed by atoms with Crippen molar-refractivity contribution in [1.82, 2.24) is 0 Å². The molecule has 1 aliphatic heterocycles. The van der Waals surface area contributed by atoms with Crippen LogP contribution in [-0.2, 0) is 23.9 Å². The number of unbranched alkanes of at least 4 members (excludes halogenated alkanes) is 3. The lowest BCUT2D eigenvalue weighted by atomic mass is 10.1. The molecule has 0 aromatic carbocycles. The molecule has 0 unspecified atom stereocenters. The van der Waals surface area contributed by atoms with Gasteiger partial charge >= 0.3 is 23.6 Å². The molecule has 0 aliphatic carbocycles.